The second kappa shape index (κ2) is 6.01. The van der Waals surface area contributed by atoms with Crippen molar-refractivity contribution in [1.29, 1.82) is 0 Å². The van der Waals surface area contributed by atoms with Crippen LogP contribution in [0.15, 0.2) is 29.1 Å². The van der Waals surface area contributed by atoms with Gasteiger partial charge in [0.1, 0.15) is 11.5 Å². The molecule has 7 heteroatoms. The van der Waals surface area contributed by atoms with Crippen molar-refractivity contribution in [3.8, 4) is 0 Å². The second-order valence-corrected chi connectivity index (χ2v) is 4.83. The fourth-order valence-corrected chi connectivity index (χ4v) is 2.18. The summed E-state index contributed by atoms with van der Waals surface area (Å²) in [7, 11) is 0. The summed E-state index contributed by atoms with van der Waals surface area (Å²) >= 11 is 0. The van der Waals surface area contributed by atoms with Gasteiger partial charge in [-0.3, -0.25) is 9.78 Å². The SMILES string of the molecule is O=c1[nH]c(N2CCOCC2)nnc1Cc1ccc(F)cc1. The zero-order valence-electron chi connectivity index (χ0n) is 11.4. The number of nitrogens with one attached hydrogen (secondary N) is 1. The monoisotopic (exact) mass is 290 g/mol. The average Bonchev–Trinajstić information content (AvgIpc) is 2.52. The Labute approximate surface area is 120 Å². The lowest BCUT2D eigenvalue weighted by Crippen LogP contribution is -2.38. The van der Waals surface area contributed by atoms with E-state index in [1.807, 2.05) is 4.90 Å². The van der Waals surface area contributed by atoms with Crippen LogP contribution in [0.3, 0.4) is 0 Å². The van der Waals surface area contributed by atoms with Crippen LogP contribution in [0.2, 0.25) is 0 Å². The lowest BCUT2D eigenvalue weighted by atomic mass is 10.1. The number of H-pyrrole nitrogens is 1. The van der Waals surface area contributed by atoms with Crippen LogP contribution < -0.4 is 10.5 Å². The van der Waals surface area contributed by atoms with Crippen LogP contribution in [0.25, 0.3) is 0 Å². The summed E-state index contributed by atoms with van der Waals surface area (Å²) in [5.74, 6) is 0.160. The number of hydrogen-bond donors (Lipinski definition) is 1. The van der Waals surface area contributed by atoms with Crippen molar-refractivity contribution in [2.45, 2.75) is 6.42 Å². The highest BCUT2D eigenvalue weighted by atomic mass is 19.1. The number of morpholine rings is 1. The Morgan fingerprint density at radius 3 is 2.57 bits per heavy atom. The Morgan fingerprint density at radius 2 is 1.90 bits per heavy atom. The number of aromatic amines is 1. The van der Waals surface area contributed by atoms with Gasteiger partial charge in [-0.25, -0.2) is 4.39 Å². The molecule has 1 aliphatic rings. The van der Waals surface area contributed by atoms with Gasteiger partial charge in [0.25, 0.3) is 5.56 Å². The number of halogens is 1. The van der Waals surface area contributed by atoms with Crippen molar-refractivity contribution >= 4 is 5.95 Å². The molecule has 0 spiro atoms. The van der Waals surface area contributed by atoms with E-state index in [-0.39, 0.29) is 11.4 Å². The lowest BCUT2D eigenvalue weighted by molar-refractivity contribution is 0.122. The number of aromatic nitrogens is 3. The zero-order chi connectivity index (χ0) is 14.7. The van der Waals surface area contributed by atoms with Crippen molar-refractivity contribution < 1.29 is 9.13 Å². The predicted octanol–water partition coefficient (Wildman–Crippen LogP) is 0.731. The molecule has 0 radical (unpaired) electrons. The predicted molar refractivity (Wildman–Crippen MR) is 74.9 cm³/mol. The van der Waals surface area contributed by atoms with E-state index in [0.717, 1.165) is 5.56 Å². The summed E-state index contributed by atoms with van der Waals surface area (Å²) in [5, 5.41) is 8.07. The van der Waals surface area contributed by atoms with Crippen LogP contribution in [-0.2, 0) is 11.2 Å². The lowest BCUT2D eigenvalue weighted by Gasteiger charge is -2.26. The summed E-state index contributed by atoms with van der Waals surface area (Å²) in [5.41, 5.74) is 0.866. The van der Waals surface area contributed by atoms with E-state index in [1.165, 1.54) is 12.1 Å². The Kier molecular flexibility index (Phi) is 3.92. The van der Waals surface area contributed by atoms with Gasteiger partial charge in [-0.1, -0.05) is 12.1 Å². The number of nitrogens with zero attached hydrogens (tertiary/aromatic N) is 3. The van der Waals surface area contributed by atoms with E-state index in [4.69, 9.17) is 4.74 Å². The molecule has 1 aliphatic heterocycles. The maximum Gasteiger partial charge on any atom is 0.274 e. The van der Waals surface area contributed by atoms with Crippen LogP contribution in [0.5, 0.6) is 0 Å². The van der Waals surface area contributed by atoms with Crippen LogP contribution in [-0.4, -0.2) is 41.5 Å². The molecule has 1 aromatic heterocycles. The maximum absolute atomic E-state index is 12.9. The van der Waals surface area contributed by atoms with Crippen molar-refractivity contribution in [3.05, 3.63) is 51.7 Å². The quantitative estimate of drug-likeness (QED) is 0.902. The Morgan fingerprint density at radius 1 is 1.19 bits per heavy atom. The standard InChI is InChI=1S/C14H15FN4O2/c15-11-3-1-10(2-4-11)9-12-13(20)16-14(18-17-12)19-5-7-21-8-6-19/h1-4H,5-9H2,(H,16,18,20). The molecule has 0 saturated carbocycles. The van der Waals surface area contributed by atoms with Crippen molar-refractivity contribution in [3.63, 3.8) is 0 Å². The Bertz CT molecular complexity index is 665. The van der Waals surface area contributed by atoms with Crippen LogP contribution in [0.1, 0.15) is 11.3 Å². The third kappa shape index (κ3) is 3.25. The third-order valence-electron chi connectivity index (χ3n) is 3.35. The van der Waals surface area contributed by atoms with Gasteiger partial charge < -0.3 is 9.64 Å². The highest BCUT2D eigenvalue weighted by molar-refractivity contribution is 5.29. The van der Waals surface area contributed by atoms with Crippen LogP contribution in [0, 0.1) is 5.82 Å². The molecule has 1 N–H and O–H groups in total. The molecule has 0 atom stereocenters. The third-order valence-corrected chi connectivity index (χ3v) is 3.35. The minimum Gasteiger partial charge on any atom is -0.378 e. The van der Waals surface area contributed by atoms with Crippen molar-refractivity contribution in [2.75, 3.05) is 31.2 Å². The Hall–Kier alpha value is -2.28. The van der Waals surface area contributed by atoms with E-state index in [0.29, 0.717) is 44.4 Å². The minimum absolute atomic E-state index is 0.268. The number of ether oxygens (including phenoxy) is 1. The van der Waals surface area contributed by atoms with Gasteiger partial charge in [0.15, 0.2) is 0 Å². The summed E-state index contributed by atoms with van der Waals surface area (Å²) in [6.45, 7) is 2.59. The molecule has 2 aromatic rings. The maximum atomic E-state index is 12.9. The molecular formula is C14H15FN4O2. The zero-order valence-corrected chi connectivity index (χ0v) is 11.4. The number of anilines is 1. The van der Waals surface area contributed by atoms with Gasteiger partial charge in [0, 0.05) is 19.5 Å². The van der Waals surface area contributed by atoms with Gasteiger partial charge in [0.05, 0.1) is 13.2 Å². The molecule has 0 unspecified atom stereocenters. The molecule has 1 fully saturated rings. The van der Waals surface area contributed by atoms with Crippen LogP contribution in [0.4, 0.5) is 10.3 Å². The second-order valence-electron chi connectivity index (χ2n) is 4.83. The largest absolute Gasteiger partial charge is 0.378 e. The number of rotatable bonds is 3. The first-order chi connectivity index (χ1) is 10.2. The smallest absolute Gasteiger partial charge is 0.274 e. The van der Waals surface area contributed by atoms with Gasteiger partial charge in [0.2, 0.25) is 5.95 Å². The van der Waals surface area contributed by atoms with Crippen LogP contribution >= 0.6 is 0 Å². The molecule has 21 heavy (non-hydrogen) atoms. The number of hydrogen-bond acceptors (Lipinski definition) is 5. The summed E-state index contributed by atoms with van der Waals surface area (Å²) in [6, 6.07) is 5.98. The van der Waals surface area contributed by atoms with Crippen molar-refractivity contribution in [1.82, 2.24) is 15.2 Å². The molecule has 1 aromatic carbocycles. The fourth-order valence-electron chi connectivity index (χ4n) is 2.18. The first kappa shape index (κ1) is 13.7. The van der Waals surface area contributed by atoms with E-state index in [9.17, 15) is 9.18 Å². The van der Waals surface area contributed by atoms with Gasteiger partial charge in [-0.2, -0.15) is 0 Å². The molecule has 1 saturated heterocycles. The molecule has 6 nitrogen and oxygen atoms in total. The highest BCUT2D eigenvalue weighted by Crippen LogP contribution is 2.08. The fraction of sp³-hybridized carbons (Fsp3) is 0.357. The van der Waals surface area contributed by atoms with E-state index >= 15 is 0 Å². The summed E-state index contributed by atoms with van der Waals surface area (Å²) in [4.78, 5) is 16.7. The summed E-state index contributed by atoms with van der Waals surface area (Å²) in [6.07, 6.45) is 0.325. The molecule has 3 rings (SSSR count). The first-order valence-electron chi connectivity index (χ1n) is 6.75. The normalized spacial score (nSPS) is 15.2. The molecule has 110 valence electrons. The van der Waals surface area contributed by atoms with Gasteiger partial charge >= 0.3 is 0 Å². The van der Waals surface area contributed by atoms with E-state index < -0.39 is 0 Å². The molecule has 2 heterocycles. The van der Waals surface area contributed by atoms with E-state index in [2.05, 4.69) is 15.2 Å². The topological polar surface area (TPSA) is 71.1 Å². The van der Waals surface area contributed by atoms with Gasteiger partial charge in [-0.05, 0) is 17.7 Å². The summed E-state index contributed by atoms with van der Waals surface area (Å²) < 4.78 is 18.1. The highest BCUT2D eigenvalue weighted by Gasteiger charge is 2.15. The first-order valence-corrected chi connectivity index (χ1v) is 6.75. The average molecular weight is 290 g/mol. The molecule has 0 amide bonds. The molecule has 0 bridgehead atoms. The van der Waals surface area contributed by atoms with Gasteiger partial charge in [-0.15, -0.1) is 10.2 Å². The van der Waals surface area contributed by atoms with E-state index in [1.54, 1.807) is 12.1 Å². The van der Waals surface area contributed by atoms with Crippen molar-refractivity contribution in [2.24, 2.45) is 0 Å². The Balaban J connectivity index is 1.77. The number of benzene rings is 1. The minimum atomic E-state index is -0.304. The molecular weight excluding hydrogens is 275 g/mol. The molecule has 0 aliphatic carbocycles.